The second-order valence-electron chi connectivity index (χ2n) is 4.04. The molecule has 2 heterocycles. The van der Waals surface area contributed by atoms with Crippen molar-refractivity contribution in [3.63, 3.8) is 0 Å². The van der Waals surface area contributed by atoms with Gasteiger partial charge in [-0.05, 0) is 29.5 Å². The Morgan fingerprint density at radius 2 is 2.11 bits per heavy atom. The summed E-state index contributed by atoms with van der Waals surface area (Å²) in [5.41, 5.74) is 7.68. The molecule has 0 amide bonds. The van der Waals surface area contributed by atoms with Gasteiger partial charge in [-0.2, -0.15) is 0 Å². The molecule has 6 heteroatoms. The number of para-hydroxylation sites is 1. The van der Waals surface area contributed by atoms with Crippen molar-refractivity contribution in [1.29, 1.82) is 0 Å². The number of pyridine rings is 1. The minimum absolute atomic E-state index is 0.424. The molecule has 0 aliphatic carbocycles. The molecule has 3 aromatic rings. The minimum atomic E-state index is 0.424. The van der Waals surface area contributed by atoms with E-state index in [-0.39, 0.29) is 0 Å². The number of rotatable bonds is 3. The van der Waals surface area contributed by atoms with Gasteiger partial charge in [-0.3, -0.25) is 0 Å². The summed E-state index contributed by atoms with van der Waals surface area (Å²) >= 11 is 1.34. The fraction of sp³-hybridized carbons (Fsp3) is 0.154. The number of hydrogen-bond acceptors (Lipinski definition) is 6. The normalized spacial score (nSPS) is 11.1. The second kappa shape index (κ2) is 4.99. The van der Waals surface area contributed by atoms with Crippen molar-refractivity contribution in [2.45, 2.75) is 23.7 Å². The fourth-order valence-corrected chi connectivity index (χ4v) is 2.61. The van der Waals surface area contributed by atoms with Gasteiger partial charge in [0.1, 0.15) is 5.03 Å². The molecule has 0 atom stereocenters. The minimum Gasteiger partial charge on any atom is -0.416 e. The van der Waals surface area contributed by atoms with Crippen LogP contribution in [0, 0.1) is 6.92 Å². The van der Waals surface area contributed by atoms with Crippen LogP contribution in [0.4, 0.5) is 0 Å². The molecule has 0 spiro atoms. The third kappa shape index (κ3) is 2.45. The van der Waals surface area contributed by atoms with Gasteiger partial charge in [-0.1, -0.05) is 18.2 Å². The molecule has 0 aliphatic heterocycles. The number of aryl methyl sites for hydroxylation is 1. The first kappa shape index (κ1) is 12.1. The molecule has 0 saturated heterocycles. The van der Waals surface area contributed by atoms with E-state index < -0.39 is 0 Å². The van der Waals surface area contributed by atoms with Crippen LogP contribution in [0.1, 0.15) is 11.5 Å². The SMILES string of the molecule is Cc1nnc(Sc2nc3ccccc3cc2CN)o1. The van der Waals surface area contributed by atoms with Crippen molar-refractivity contribution in [1.82, 2.24) is 15.2 Å². The smallest absolute Gasteiger partial charge is 0.282 e. The average molecular weight is 272 g/mol. The third-order valence-electron chi connectivity index (χ3n) is 2.67. The van der Waals surface area contributed by atoms with E-state index in [0.717, 1.165) is 21.5 Å². The number of nitrogens with zero attached hydrogens (tertiary/aromatic N) is 3. The molecule has 0 radical (unpaired) electrons. The Kier molecular flexibility index (Phi) is 3.18. The largest absolute Gasteiger partial charge is 0.416 e. The number of benzene rings is 1. The van der Waals surface area contributed by atoms with E-state index in [1.807, 2.05) is 30.3 Å². The molecule has 0 bridgehead atoms. The van der Waals surface area contributed by atoms with Gasteiger partial charge >= 0.3 is 0 Å². The predicted molar refractivity (Wildman–Crippen MR) is 72.8 cm³/mol. The maximum atomic E-state index is 5.78. The molecule has 0 unspecified atom stereocenters. The third-order valence-corrected chi connectivity index (χ3v) is 3.56. The van der Waals surface area contributed by atoms with Gasteiger partial charge in [-0.15, -0.1) is 10.2 Å². The van der Waals surface area contributed by atoms with Crippen LogP contribution in [0.3, 0.4) is 0 Å². The van der Waals surface area contributed by atoms with Crippen LogP contribution >= 0.6 is 11.8 Å². The number of aromatic nitrogens is 3. The zero-order valence-electron chi connectivity index (χ0n) is 10.3. The van der Waals surface area contributed by atoms with Crippen molar-refractivity contribution < 1.29 is 4.42 Å². The summed E-state index contributed by atoms with van der Waals surface area (Å²) in [7, 11) is 0. The zero-order chi connectivity index (χ0) is 13.2. The summed E-state index contributed by atoms with van der Waals surface area (Å²) in [4.78, 5) is 4.61. The highest BCUT2D eigenvalue weighted by atomic mass is 32.2. The molecule has 5 nitrogen and oxygen atoms in total. The summed E-state index contributed by atoms with van der Waals surface area (Å²) in [5, 5.41) is 10.1. The highest BCUT2D eigenvalue weighted by Crippen LogP contribution is 2.29. The molecule has 19 heavy (non-hydrogen) atoms. The Balaban J connectivity index is 2.05. The van der Waals surface area contributed by atoms with Gasteiger partial charge in [0.15, 0.2) is 0 Å². The maximum Gasteiger partial charge on any atom is 0.282 e. The van der Waals surface area contributed by atoms with Crippen LogP contribution in [0.15, 0.2) is 45.0 Å². The first-order valence-corrected chi connectivity index (χ1v) is 6.64. The lowest BCUT2D eigenvalue weighted by molar-refractivity contribution is 0.429. The summed E-state index contributed by atoms with van der Waals surface area (Å²) in [6.07, 6.45) is 0. The van der Waals surface area contributed by atoms with Gasteiger partial charge in [0, 0.05) is 18.9 Å². The molecular formula is C13H12N4OS. The van der Waals surface area contributed by atoms with Crippen LogP contribution in [0.25, 0.3) is 10.9 Å². The average Bonchev–Trinajstić information content (AvgIpc) is 2.83. The zero-order valence-corrected chi connectivity index (χ0v) is 11.1. The Morgan fingerprint density at radius 3 is 2.84 bits per heavy atom. The van der Waals surface area contributed by atoms with Crippen LogP contribution in [0.5, 0.6) is 0 Å². The van der Waals surface area contributed by atoms with Crippen LogP contribution in [-0.2, 0) is 6.54 Å². The lowest BCUT2D eigenvalue weighted by atomic mass is 10.1. The summed E-state index contributed by atoms with van der Waals surface area (Å²) in [5.74, 6) is 0.539. The Bertz CT molecular complexity index is 725. The van der Waals surface area contributed by atoms with Gasteiger partial charge in [0.05, 0.1) is 5.52 Å². The molecule has 96 valence electrons. The quantitative estimate of drug-likeness (QED) is 0.789. The number of nitrogens with two attached hydrogens (primary N) is 1. The Hall–Kier alpha value is -1.92. The first-order chi connectivity index (χ1) is 9.26. The van der Waals surface area contributed by atoms with E-state index in [9.17, 15) is 0 Å². The van der Waals surface area contributed by atoms with E-state index in [4.69, 9.17) is 10.2 Å². The standard InChI is InChI=1S/C13H12N4OS/c1-8-16-17-13(18-8)19-12-10(7-14)6-9-4-2-3-5-11(9)15-12/h2-6H,7,14H2,1H3. The molecular weight excluding hydrogens is 260 g/mol. The van der Waals surface area contributed by atoms with Gasteiger partial charge in [0.25, 0.3) is 5.22 Å². The van der Waals surface area contributed by atoms with E-state index in [1.54, 1.807) is 6.92 Å². The van der Waals surface area contributed by atoms with E-state index in [1.165, 1.54) is 11.8 Å². The number of fused-ring (bicyclic) bond motifs is 1. The fourth-order valence-electron chi connectivity index (χ4n) is 1.78. The van der Waals surface area contributed by atoms with Crippen molar-refractivity contribution in [3.05, 3.63) is 41.8 Å². The Morgan fingerprint density at radius 1 is 1.26 bits per heavy atom. The Labute approximate surface area is 114 Å². The van der Waals surface area contributed by atoms with Crippen LogP contribution in [-0.4, -0.2) is 15.2 Å². The molecule has 1 aromatic carbocycles. The lowest BCUT2D eigenvalue weighted by Gasteiger charge is -2.06. The van der Waals surface area contributed by atoms with E-state index >= 15 is 0 Å². The van der Waals surface area contributed by atoms with E-state index in [2.05, 4.69) is 15.2 Å². The molecule has 3 rings (SSSR count). The molecule has 0 aliphatic rings. The van der Waals surface area contributed by atoms with Crippen molar-refractivity contribution >= 4 is 22.7 Å². The maximum absolute atomic E-state index is 5.78. The first-order valence-electron chi connectivity index (χ1n) is 5.83. The van der Waals surface area contributed by atoms with Crippen LogP contribution < -0.4 is 5.73 Å². The summed E-state index contributed by atoms with van der Waals surface area (Å²) in [6, 6.07) is 9.99. The second-order valence-corrected chi connectivity index (χ2v) is 4.98. The highest BCUT2D eigenvalue weighted by Gasteiger charge is 2.11. The van der Waals surface area contributed by atoms with Gasteiger partial charge in [-0.25, -0.2) is 4.98 Å². The molecule has 2 N–H and O–H groups in total. The van der Waals surface area contributed by atoms with Crippen molar-refractivity contribution in [2.75, 3.05) is 0 Å². The van der Waals surface area contributed by atoms with Crippen molar-refractivity contribution in [2.24, 2.45) is 5.73 Å². The van der Waals surface area contributed by atoms with Gasteiger partial charge < -0.3 is 10.2 Å². The molecule has 2 aromatic heterocycles. The topological polar surface area (TPSA) is 77.8 Å². The van der Waals surface area contributed by atoms with Crippen molar-refractivity contribution in [3.8, 4) is 0 Å². The molecule has 0 saturated carbocycles. The lowest BCUT2D eigenvalue weighted by Crippen LogP contribution is -2.00. The summed E-state index contributed by atoms with van der Waals surface area (Å²) in [6.45, 7) is 2.18. The summed E-state index contributed by atoms with van der Waals surface area (Å²) < 4.78 is 5.36. The number of hydrogen-bond donors (Lipinski definition) is 1. The molecule has 0 fully saturated rings. The van der Waals surface area contributed by atoms with Crippen LogP contribution in [0.2, 0.25) is 0 Å². The highest BCUT2D eigenvalue weighted by molar-refractivity contribution is 7.99. The van der Waals surface area contributed by atoms with E-state index in [0.29, 0.717) is 17.7 Å². The van der Waals surface area contributed by atoms with Gasteiger partial charge in [0.2, 0.25) is 5.89 Å². The predicted octanol–water partition coefficient (Wildman–Crippen LogP) is 2.54. The monoisotopic (exact) mass is 272 g/mol.